The summed E-state index contributed by atoms with van der Waals surface area (Å²) in [5, 5.41) is 0.418. The van der Waals surface area contributed by atoms with E-state index in [2.05, 4.69) is 4.98 Å². The third-order valence-electron chi connectivity index (χ3n) is 3.42. The number of ketones is 1. The highest BCUT2D eigenvalue weighted by Gasteiger charge is 2.37. The third-order valence-corrected chi connectivity index (χ3v) is 3.73. The van der Waals surface area contributed by atoms with E-state index in [4.69, 9.17) is 11.6 Å². The number of anilines is 1. The number of rotatable bonds is 3. The summed E-state index contributed by atoms with van der Waals surface area (Å²) in [6, 6.07) is 4.98. The van der Waals surface area contributed by atoms with Crippen molar-refractivity contribution in [2.45, 2.75) is 6.42 Å². The predicted molar refractivity (Wildman–Crippen MR) is 75.0 cm³/mol. The van der Waals surface area contributed by atoms with Gasteiger partial charge in [0.05, 0.1) is 16.3 Å². The molecule has 1 aromatic carbocycles. The van der Waals surface area contributed by atoms with Crippen LogP contribution in [0.1, 0.15) is 16.2 Å². The molecule has 0 radical (unpaired) electrons. The molecule has 5 nitrogen and oxygen atoms in total. The number of benzene rings is 1. The molecule has 1 aliphatic rings. The normalized spacial score (nSPS) is 14.0. The first-order valence-electron chi connectivity index (χ1n) is 6.20. The zero-order chi connectivity index (χ0) is 14.3. The number of Topliss-reactive ketones (excluding diaryl/α,β-unsaturated/α-hetero) is 1. The summed E-state index contributed by atoms with van der Waals surface area (Å²) >= 11 is 6.12. The number of aryl methyl sites for hydroxylation is 1. The fourth-order valence-corrected chi connectivity index (χ4v) is 2.65. The number of para-hydroxylation sites is 1. The Labute approximate surface area is 120 Å². The van der Waals surface area contributed by atoms with Crippen LogP contribution in [0.2, 0.25) is 5.02 Å². The molecule has 0 bridgehead atoms. The van der Waals surface area contributed by atoms with E-state index >= 15 is 0 Å². The minimum absolute atomic E-state index is 0.377. The Hall–Kier alpha value is -2.14. The average molecular weight is 290 g/mol. The van der Waals surface area contributed by atoms with Gasteiger partial charge in [-0.05, 0) is 12.1 Å². The van der Waals surface area contributed by atoms with Gasteiger partial charge in [-0.15, -0.1) is 0 Å². The van der Waals surface area contributed by atoms with E-state index in [9.17, 15) is 9.59 Å². The number of halogens is 1. The van der Waals surface area contributed by atoms with Crippen LogP contribution in [0.25, 0.3) is 0 Å². The van der Waals surface area contributed by atoms with Gasteiger partial charge >= 0.3 is 0 Å². The second-order valence-corrected chi connectivity index (χ2v) is 5.03. The maximum Gasteiger partial charge on any atom is 0.299 e. The van der Waals surface area contributed by atoms with E-state index in [1.807, 2.05) is 17.8 Å². The monoisotopic (exact) mass is 289 g/mol. The molecule has 1 aromatic heterocycles. The molecule has 102 valence electrons. The molecule has 0 N–H and O–H groups in total. The minimum Gasteiger partial charge on any atom is -0.338 e. The van der Waals surface area contributed by atoms with Crippen molar-refractivity contribution >= 4 is 29.0 Å². The van der Waals surface area contributed by atoms with Gasteiger partial charge in [-0.3, -0.25) is 9.59 Å². The molecule has 0 spiro atoms. The van der Waals surface area contributed by atoms with Gasteiger partial charge in [0.15, 0.2) is 0 Å². The molecule has 0 unspecified atom stereocenters. The lowest BCUT2D eigenvalue weighted by molar-refractivity contribution is -0.114. The van der Waals surface area contributed by atoms with Gasteiger partial charge in [-0.1, -0.05) is 17.7 Å². The van der Waals surface area contributed by atoms with Crippen molar-refractivity contribution in [1.82, 2.24) is 9.55 Å². The Morgan fingerprint density at radius 3 is 2.80 bits per heavy atom. The van der Waals surface area contributed by atoms with Gasteiger partial charge in [-0.25, -0.2) is 4.98 Å². The molecule has 2 heterocycles. The zero-order valence-electron chi connectivity index (χ0n) is 10.8. The van der Waals surface area contributed by atoms with Crippen LogP contribution in [-0.4, -0.2) is 27.8 Å². The van der Waals surface area contributed by atoms with Gasteiger partial charge in [0.25, 0.3) is 11.7 Å². The van der Waals surface area contributed by atoms with Crippen LogP contribution in [0, 0.1) is 0 Å². The number of hydrogen-bond acceptors (Lipinski definition) is 3. The largest absolute Gasteiger partial charge is 0.338 e. The molecule has 0 atom stereocenters. The summed E-state index contributed by atoms with van der Waals surface area (Å²) < 4.78 is 1.88. The highest BCUT2D eigenvalue weighted by atomic mass is 35.5. The van der Waals surface area contributed by atoms with Gasteiger partial charge in [0.2, 0.25) is 0 Å². The van der Waals surface area contributed by atoms with Crippen molar-refractivity contribution in [3.05, 3.63) is 47.0 Å². The van der Waals surface area contributed by atoms with E-state index in [-0.39, 0.29) is 0 Å². The van der Waals surface area contributed by atoms with E-state index in [0.717, 1.165) is 5.82 Å². The summed E-state index contributed by atoms with van der Waals surface area (Å²) in [6.07, 6.45) is 4.10. The number of aromatic nitrogens is 2. The average Bonchev–Trinajstić information content (AvgIpc) is 2.94. The van der Waals surface area contributed by atoms with E-state index < -0.39 is 11.7 Å². The minimum atomic E-state index is -0.526. The lowest BCUT2D eigenvalue weighted by Gasteiger charge is -2.17. The number of carbonyl (C=O) groups is 2. The molecule has 1 amide bonds. The first kappa shape index (κ1) is 12.9. The van der Waals surface area contributed by atoms with Crippen molar-refractivity contribution in [2.24, 2.45) is 7.05 Å². The summed E-state index contributed by atoms with van der Waals surface area (Å²) in [6.45, 7) is 0.381. The smallest absolute Gasteiger partial charge is 0.299 e. The van der Waals surface area contributed by atoms with Crippen molar-refractivity contribution in [3.63, 3.8) is 0 Å². The second kappa shape index (κ2) is 4.76. The van der Waals surface area contributed by atoms with Gasteiger partial charge in [-0.2, -0.15) is 0 Å². The van der Waals surface area contributed by atoms with Gasteiger partial charge in [0.1, 0.15) is 5.82 Å². The fourth-order valence-electron chi connectivity index (χ4n) is 2.37. The van der Waals surface area contributed by atoms with Crippen molar-refractivity contribution < 1.29 is 9.59 Å². The number of hydrogen-bond donors (Lipinski definition) is 0. The van der Waals surface area contributed by atoms with E-state index in [1.54, 1.807) is 24.4 Å². The molecule has 3 rings (SSSR count). The van der Waals surface area contributed by atoms with Crippen molar-refractivity contribution in [3.8, 4) is 0 Å². The standard InChI is InChI=1S/C14H12ClN3O2/c1-17-8-6-16-11(17)5-7-18-12-9(13(19)14(18)20)3-2-4-10(12)15/h2-4,6,8H,5,7H2,1H3. The number of amides is 1. The number of nitrogens with zero attached hydrogens (tertiary/aromatic N) is 3. The first-order chi connectivity index (χ1) is 9.59. The van der Waals surface area contributed by atoms with Crippen LogP contribution in [0.15, 0.2) is 30.6 Å². The summed E-state index contributed by atoms with van der Waals surface area (Å²) in [5.74, 6) is -0.171. The van der Waals surface area contributed by atoms with Crippen LogP contribution in [0.5, 0.6) is 0 Å². The Morgan fingerprint density at radius 1 is 1.30 bits per heavy atom. The fraction of sp³-hybridized carbons (Fsp3) is 0.214. The maximum atomic E-state index is 12.0. The maximum absolute atomic E-state index is 12.0. The van der Waals surface area contributed by atoms with Crippen molar-refractivity contribution in [1.29, 1.82) is 0 Å². The Kier molecular flexibility index (Phi) is 3.06. The topological polar surface area (TPSA) is 55.2 Å². The van der Waals surface area contributed by atoms with Crippen LogP contribution >= 0.6 is 11.6 Å². The molecule has 0 saturated carbocycles. The summed E-state index contributed by atoms with van der Waals surface area (Å²) in [7, 11) is 1.89. The highest BCUT2D eigenvalue weighted by molar-refractivity contribution is 6.54. The van der Waals surface area contributed by atoms with E-state index in [1.165, 1.54) is 4.90 Å². The van der Waals surface area contributed by atoms with Gasteiger partial charge < -0.3 is 9.47 Å². The SMILES string of the molecule is Cn1ccnc1CCN1C(=O)C(=O)c2cccc(Cl)c21. The molecule has 0 saturated heterocycles. The second-order valence-electron chi connectivity index (χ2n) is 4.63. The van der Waals surface area contributed by atoms with E-state index in [0.29, 0.717) is 29.2 Å². The lowest BCUT2D eigenvalue weighted by Crippen LogP contribution is -2.32. The Morgan fingerprint density at radius 2 is 2.10 bits per heavy atom. The molecule has 20 heavy (non-hydrogen) atoms. The predicted octanol–water partition coefficient (Wildman–Crippen LogP) is 1.85. The highest BCUT2D eigenvalue weighted by Crippen LogP contribution is 2.35. The number of imidazole rings is 1. The zero-order valence-corrected chi connectivity index (χ0v) is 11.6. The summed E-state index contributed by atoms with van der Waals surface area (Å²) in [4.78, 5) is 29.6. The third kappa shape index (κ3) is 1.91. The molecular weight excluding hydrogens is 278 g/mol. The summed E-state index contributed by atoms with van der Waals surface area (Å²) in [5.41, 5.74) is 0.890. The molecule has 1 aliphatic heterocycles. The first-order valence-corrected chi connectivity index (χ1v) is 6.58. The Balaban J connectivity index is 1.90. The van der Waals surface area contributed by atoms with Crippen LogP contribution < -0.4 is 4.90 Å². The molecule has 2 aromatic rings. The number of carbonyl (C=O) groups excluding carboxylic acids is 2. The quantitative estimate of drug-likeness (QED) is 0.810. The van der Waals surface area contributed by atoms with Crippen molar-refractivity contribution in [2.75, 3.05) is 11.4 Å². The van der Waals surface area contributed by atoms with Gasteiger partial charge in [0, 0.05) is 32.4 Å². The molecular formula is C14H12ClN3O2. The molecule has 6 heteroatoms. The van der Waals surface area contributed by atoms with Crippen LogP contribution in [-0.2, 0) is 18.3 Å². The molecule has 0 fully saturated rings. The lowest BCUT2D eigenvalue weighted by atomic mass is 10.1. The van der Waals surface area contributed by atoms with Crippen LogP contribution in [0.3, 0.4) is 0 Å². The Bertz CT molecular complexity index is 708. The number of fused-ring (bicyclic) bond motifs is 1. The molecule has 0 aliphatic carbocycles. The van der Waals surface area contributed by atoms with Crippen LogP contribution in [0.4, 0.5) is 5.69 Å².